The lowest BCUT2D eigenvalue weighted by atomic mass is 10.2. The maximum atomic E-state index is 8.60. The first kappa shape index (κ1) is 9.41. The van der Waals surface area contributed by atoms with Gasteiger partial charge < -0.3 is 0 Å². The van der Waals surface area contributed by atoms with E-state index in [1.54, 1.807) is 17.1 Å². The van der Waals surface area contributed by atoms with Crippen molar-refractivity contribution in [2.75, 3.05) is 0 Å². The van der Waals surface area contributed by atoms with Gasteiger partial charge in [-0.15, -0.1) is 0 Å². The van der Waals surface area contributed by atoms with Crippen LogP contribution in [0.5, 0.6) is 0 Å². The predicted octanol–water partition coefficient (Wildman–Crippen LogP) is 1.78. The average molecular weight is 198 g/mol. The first-order valence-corrected chi connectivity index (χ1v) is 4.63. The van der Waals surface area contributed by atoms with Gasteiger partial charge in [-0.2, -0.15) is 10.4 Å². The zero-order valence-corrected chi connectivity index (χ0v) is 8.38. The molecule has 0 spiro atoms. The van der Waals surface area contributed by atoms with Crippen molar-refractivity contribution in [1.29, 1.82) is 5.26 Å². The van der Waals surface area contributed by atoms with Crippen molar-refractivity contribution in [3.05, 3.63) is 36.3 Å². The molecule has 2 rings (SSSR count). The van der Waals surface area contributed by atoms with Gasteiger partial charge in [-0.1, -0.05) is 0 Å². The van der Waals surface area contributed by atoms with Crippen LogP contribution in [-0.2, 0) is 6.54 Å². The average Bonchev–Trinajstić information content (AvgIpc) is 2.63. The number of nitrogens with zero attached hydrogens (tertiary/aromatic N) is 4. The van der Waals surface area contributed by atoms with Gasteiger partial charge >= 0.3 is 0 Å². The highest BCUT2D eigenvalue weighted by molar-refractivity contribution is 5.58. The third-order valence-corrected chi connectivity index (χ3v) is 2.18. The summed E-state index contributed by atoms with van der Waals surface area (Å²) < 4.78 is 1.69. The van der Waals surface area contributed by atoms with E-state index in [0.717, 1.165) is 17.0 Å². The van der Waals surface area contributed by atoms with E-state index in [0.29, 0.717) is 0 Å². The van der Waals surface area contributed by atoms with Gasteiger partial charge in [-0.3, -0.25) is 9.67 Å². The maximum Gasteiger partial charge on any atom is 0.128 e. The second kappa shape index (κ2) is 3.93. The van der Waals surface area contributed by atoms with Crippen LogP contribution in [0.4, 0.5) is 0 Å². The monoisotopic (exact) mass is 198 g/mol. The lowest BCUT2D eigenvalue weighted by Gasteiger charge is -1.95. The molecular formula is C11H10N4. The third-order valence-electron chi connectivity index (χ3n) is 2.18. The van der Waals surface area contributed by atoms with Crippen LogP contribution in [0.25, 0.3) is 11.3 Å². The van der Waals surface area contributed by atoms with E-state index in [1.807, 2.05) is 25.1 Å². The number of hydrogen-bond acceptors (Lipinski definition) is 3. The van der Waals surface area contributed by atoms with E-state index in [1.165, 1.54) is 0 Å². The van der Waals surface area contributed by atoms with Gasteiger partial charge in [-0.25, -0.2) is 0 Å². The molecule has 0 radical (unpaired) electrons. The maximum absolute atomic E-state index is 8.60. The molecule has 0 saturated heterocycles. The summed E-state index contributed by atoms with van der Waals surface area (Å²) in [6, 6.07) is 7.85. The fourth-order valence-corrected chi connectivity index (χ4v) is 1.40. The Hall–Kier alpha value is -2.15. The topological polar surface area (TPSA) is 54.5 Å². The van der Waals surface area contributed by atoms with E-state index in [-0.39, 0.29) is 6.54 Å². The van der Waals surface area contributed by atoms with E-state index < -0.39 is 0 Å². The van der Waals surface area contributed by atoms with Crippen LogP contribution in [0.3, 0.4) is 0 Å². The molecule has 0 unspecified atom stereocenters. The number of nitriles is 1. The third kappa shape index (κ3) is 1.86. The summed E-state index contributed by atoms with van der Waals surface area (Å²) >= 11 is 0. The standard InChI is InChI=1S/C11H10N4/c1-9-8-11(14-15(9)7-4-12)10-2-5-13-6-3-10/h2-3,5-6,8H,7H2,1H3. The first-order chi connectivity index (χ1) is 7.31. The molecule has 2 heterocycles. The normalized spacial score (nSPS) is 9.87. The molecule has 15 heavy (non-hydrogen) atoms. The Bertz CT molecular complexity index is 493. The molecule has 0 atom stereocenters. The quantitative estimate of drug-likeness (QED) is 0.739. The molecule has 0 bridgehead atoms. The van der Waals surface area contributed by atoms with Crippen molar-refractivity contribution in [1.82, 2.24) is 14.8 Å². The molecule has 74 valence electrons. The Morgan fingerprint density at radius 1 is 1.40 bits per heavy atom. The molecule has 0 saturated carbocycles. The Labute approximate surface area is 87.8 Å². The van der Waals surface area contributed by atoms with Crippen molar-refractivity contribution in [3.8, 4) is 17.3 Å². The minimum atomic E-state index is 0.289. The van der Waals surface area contributed by atoms with Crippen molar-refractivity contribution >= 4 is 0 Å². The van der Waals surface area contributed by atoms with E-state index in [9.17, 15) is 0 Å². The molecule has 0 aliphatic heterocycles. The Balaban J connectivity index is 2.40. The van der Waals surface area contributed by atoms with E-state index >= 15 is 0 Å². The van der Waals surface area contributed by atoms with Crippen LogP contribution in [-0.4, -0.2) is 14.8 Å². The van der Waals surface area contributed by atoms with E-state index in [2.05, 4.69) is 16.2 Å². The van der Waals surface area contributed by atoms with Gasteiger partial charge in [0.2, 0.25) is 0 Å². The van der Waals surface area contributed by atoms with Crippen molar-refractivity contribution in [3.63, 3.8) is 0 Å². The Morgan fingerprint density at radius 3 is 2.80 bits per heavy atom. The molecule has 0 N–H and O–H groups in total. The number of pyridine rings is 1. The van der Waals surface area contributed by atoms with Gasteiger partial charge in [-0.05, 0) is 25.1 Å². The lowest BCUT2D eigenvalue weighted by Crippen LogP contribution is -1.99. The molecule has 2 aromatic heterocycles. The predicted molar refractivity (Wildman–Crippen MR) is 55.8 cm³/mol. The number of rotatable bonds is 2. The Kier molecular flexibility index (Phi) is 2.46. The number of aryl methyl sites for hydroxylation is 1. The summed E-state index contributed by atoms with van der Waals surface area (Å²) in [5.41, 5.74) is 2.89. The fourth-order valence-electron chi connectivity index (χ4n) is 1.40. The minimum Gasteiger partial charge on any atom is -0.265 e. The smallest absolute Gasteiger partial charge is 0.128 e. The van der Waals surface area contributed by atoms with Crippen LogP contribution in [0.15, 0.2) is 30.6 Å². The zero-order valence-electron chi connectivity index (χ0n) is 8.38. The molecule has 4 heteroatoms. The van der Waals surface area contributed by atoms with Crippen LogP contribution < -0.4 is 0 Å². The number of hydrogen-bond donors (Lipinski definition) is 0. The highest BCUT2D eigenvalue weighted by Crippen LogP contribution is 2.17. The second-order valence-corrected chi connectivity index (χ2v) is 3.22. The molecule has 0 fully saturated rings. The van der Waals surface area contributed by atoms with Crippen LogP contribution in [0, 0.1) is 18.3 Å². The van der Waals surface area contributed by atoms with Crippen molar-refractivity contribution < 1.29 is 0 Å². The summed E-state index contributed by atoms with van der Waals surface area (Å²) in [5, 5.41) is 12.9. The van der Waals surface area contributed by atoms with Crippen LogP contribution in [0.2, 0.25) is 0 Å². The lowest BCUT2D eigenvalue weighted by molar-refractivity contribution is 0.688. The zero-order chi connectivity index (χ0) is 10.7. The summed E-state index contributed by atoms with van der Waals surface area (Å²) in [7, 11) is 0. The molecule has 0 aromatic carbocycles. The molecule has 0 aliphatic carbocycles. The summed E-state index contributed by atoms with van der Waals surface area (Å²) in [6.45, 7) is 2.23. The van der Waals surface area contributed by atoms with Gasteiger partial charge in [0.1, 0.15) is 6.54 Å². The first-order valence-electron chi connectivity index (χ1n) is 4.63. The summed E-state index contributed by atoms with van der Waals surface area (Å²) in [5.74, 6) is 0. The SMILES string of the molecule is Cc1cc(-c2ccncc2)nn1CC#N. The van der Waals surface area contributed by atoms with Gasteiger partial charge in [0.25, 0.3) is 0 Å². The molecule has 4 nitrogen and oxygen atoms in total. The number of aromatic nitrogens is 3. The highest BCUT2D eigenvalue weighted by atomic mass is 15.3. The van der Waals surface area contributed by atoms with Gasteiger partial charge in [0.15, 0.2) is 0 Å². The molecule has 2 aromatic rings. The van der Waals surface area contributed by atoms with Crippen molar-refractivity contribution in [2.45, 2.75) is 13.5 Å². The molecule has 0 amide bonds. The minimum absolute atomic E-state index is 0.289. The summed E-state index contributed by atoms with van der Waals surface area (Å²) in [4.78, 5) is 3.95. The van der Waals surface area contributed by atoms with Crippen molar-refractivity contribution in [2.24, 2.45) is 0 Å². The Morgan fingerprint density at radius 2 is 2.13 bits per heavy atom. The van der Waals surface area contributed by atoms with Gasteiger partial charge in [0, 0.05) is 23.7 Å². The molecular weight excluding hydrogens is 188 g/mol. The fraction of sp³-hybridized carbons (Fsp3) is 0.182. The largest absolute Gasteiger partial charge is 0.265 e. The molecule has 0 aliphatic rings. The second-order valence-electron chi connectivity index (χ2n) is 3.22. The van der Waals surface area contributed by atoms with Gasteiger partial charge in [0.05, 0.1) is 11.8 Å². The van der Waals surface area contributed by atoms with Crippen LogP contribution >= 0.6 is 0 Å². The van der Waals surface area contributed by atoms with Crippen LogP contribution in [0.1, 0.15) is 5.69 Å². The highest BCUT2D eigenvalue weighted by Gasteiger charge is 2.05. The summed E-state index contributed by atoms with van der Waals surface area (Å²) in [6.07, 6.45) is 3.46. The van der Waals surface area contributed by atoms with E-state index in [4.69, 9.17) is 5.26 Å².